The van der Waals surface area contributed by atoms with Gasteiger partial charge in [-0.05, 0) is 55.0 Å². The average Bonchev–Trinajstić information content (AvgIpc) is 2.75. The topological polar surface area (TPSA) is 77.0 Å². The van der Waals surface area contributed by atoms with Crippen LogP contribution >= 0.6 is 11.6 Å². The van der Waals surface area contributed by atoms with Crippen LogP contribution in [0, 0.1) is 0 Å². The summed E-state index contributed by atoms with van der Waals surface area (Å²) in [6.07, 6.45) is 0. The smallest absolute Gasteiger partial charge is 0.457 e. The minimum absolute atomic E-state index is 0.0352. The van der Waals surface area contributed by atoms with Crippen molar-refractivity contribution in [2.75, 3.05) is 4.72 Å². The molecule has 3 aromatic rings. The molecule has 0 aliphatic heterocycles. The van der Waals surface area contributed by atoms with Gasteiger partial charge in [-0.2, -0.15) is 21.6 Å². The molecule has 0 unspecified atom stereocenters. The number of hydrogen-bond donors (Lipinski definition) is 1. The predicted molar refractivity (Wildman–Crippen MR) is 120 cm³/mol. The molecule has 3 aromatic carbocycles. The molecule has 0 aliphatic rings. The number of nitrogens with zero attached hydrogens (tertiary/aromatic N) is 1. The Bertz CT molecular complexity index is 1250. The zero-order chi connectivity index (χ0) is 24.1. The second-order valence-electron chi connectivity index (χ2n) is 6.75. The molecule has 0 aliphatic carbocycles. The average molecular weight is 499 g/mol. The van der Waals surface area contributed by atoms with Crippen LogP contribution in [0.3, 0.4) is 0 Å². The molecule has 0 radical (unpaired) electrons. The molecular weight excluding hydrogens is 481 g/mol. The van der Waals surface area contributed by atoms with Gasteiger partial charge in [0.1, 0.15) is 18.1 Å². The lowest BCUT2D eigenvalue weighted by Gasteiger charge is -2.14. The van der Waals surface area contributed by atoms with Gasteiger partial charge in [0, 0.05) is 10.6 Å². The molecule has 0 amide bonds. The Kier molecular flexibility index (Phi) is 7.50. The van der Waals surface area contributed by atoms with Crippen molar-refractivity contribution in [2.45, 2.75) is 19.0 Å². The first-order chi connectivity index (χ1) is 15.5. The Morgan fingerprint density at radius 1 is 1.00 bits per heavy atom. The van der Waals surface area contributed by atoms with Crippen molar-refractivity contribution in [1.82, 2.24) is 0 Å². The Hall–Kier alpha value is -3.24. The van der Waals surface area contributed by atoms with Crippen molar-refractivity contribution in [3.8, 4) is 11.5 Å². The van der Waals surface area contributed by atoms with Gasteiger partial charge in [-0.15, -0.1) is 0 Å². The van der Waals surface area contributed by atoms with Crippen molar-refractivity contribution in [3.63, 3.8) is 0 Å². The van der Waals surface area contributed by atoms with E-state index >= 15 is 0 Å². The summed E-state index contributed by atoms with van der Waals surface area (Å²) in [5, 5.41) is 4.08. The quantitative estimate of drug-likeness (QED) is 0.290. The minimum Gasteiger partial charge on any atom is -0.457 e. The molecule has 6 nitrogen and oxygen atoms in total. The Morgan fingerprint density at radius 2 is 1.70 bits per heavy atom. The lowest BCUT2D eigenvalue weighted by Crippen LogP contribution is -2.30. The van der Waals surface area contributed by atoms with Gasteiger partial charge in [-0.25, -0.2) is 0 Å². The predicted octanol–water partition coefficient (Wildman–Crippen LogP) is 6.33. The molecule has 33 heavy (non-hydrogen) atoms. The van der Waals surface area contributed by atoms with Crippen molar-refractivity contribution >= 4 is 33.0 Å². The number of anilines is 1. The van der Waals surface area contributed by atoms with E-state index in [1.807, 2.05) is 30.3 Å². The highest BCUT2D eigenvalue weighted by Gasteiger charge is 2.46. The van der Waals surface area contributed by atoms with Gasteiger partial charge in [0.25, 0.3) is 0 Å². The van der Waals surface area contributed by atoms with Crippen LogP contribution in [0.2, 0.25) is 5.02 Å². The number of para-hydroxylation sites is 1. The molecule has 0 saturated carbocycles. The van der Waals surface area contributed by atoms with E-state index in [0.717, 1.165) is 11.6 Å². The zero-order valence-corrected chi connectivity index (χ0v) is 18.7. The summed E-state index contributed by atoms with van der Waals surface area (Å²) in [6.45, 7) is 1.49. The lowest BCUT2D eigenvalue weighted by atomic mass is 10.1. The SMILES string of the molecule is C/C(=N\OCc1cccc(Oc2ccccc2)c1)c1cc(Cl)ccc1NS(=O)(=O)C(F)(F)F. The molecule has 0 atom stereocenters. The van der Waals surface area contributed by atoms with Gasteiger partial charge in [0.15, 0.2) is 0 Å². The number of sulfonamides is 1. The number of nitrogens with one attached hydrogen (secondary N) is 1. The summed E-state index contributed by atoms with van der Waals surface area (Å²) in [5.41, 5.74) is -4.92. The fourth-order valence-electron chi connectivity index (χ4n) is 2.68. The molecular formula is C22H18ClF3N2O4S. The van der Waals surface area contributed by atoms with E-state index in [1.165, 1.54) is 23.8 Å². The number of hydrogen-bond acceptors (Lipinski definition) is 5. The van der Waals surface area contributed by atoms with Crippen LogP contribution in [0.25, 0.3) is 0 Å². The van der Waals surface area contributed by atoms with Gasteiger partial charge >= 0.3 is 15.5 Å². The fraction of sp³-hybridized carbons (Fsp3) is 0.136. The Balaban J connectivity index is 1.73. The van der Waals surface area contributed by atoms with E-state index < -0.39 is 15.5 Å². The van der Waals surface area contributed by atoms with Crippen molar-refractivity contribution in [3.05, 3.63) is 88.9 Å². The third kappa shape index (κ3) is 6.62. The number of oxime groups is 1. The zero-order valence-electron chi connectivity index (χ0n) is 17.1. The van der Waals surface area contributed by atoms with E-state index in [2.05, 4.69) is 5.16 Å². The number of halogens is 4. The van der Waals surface area contributed by atoms with Gasteiger partial charge in [0.05, 0.1) is 11.4 Å². The second kappa shape index (κ2) is 10.1. The number of rotatable bonds is 8. The fourth-order valence-corrected chi connectivity index (χ4v) is 3.44. The summed E-state index contributed by atoms with van der Waals surface area (Å²) >= 11 is 5.93. The highest BCUT2D eigenvalue weighted by molar-refractivity contribution is 7.93. The Morgan fingerprint density at radius 3 is 2.39 bits per heavy atom. The van der Waals surface area contributed by atoms with Crippen molar-refractivity contribution in [2.24, 2.45) is 5.16 Å². The van der Waals surface area contributed by atoms with Crippen molar-refractivity contribution < 1.29 is 31.2 Å². The first-order valence-corrected chi connectivity index (χ1v) is 11.3. The van der Waals surface area contributed by atoms with Crippen LogP contribution in [0.4, 0.5) is 18.9 Å². The summed E-state index contributed by atoms with van der Waals surface area (Å²) in [7, 11) is -5.62. The molecule has 0 bridgehead atoms. The second-order valence-corrected chi connectivity index (χ2v) is 8.86. The molecule has 0 saturated heterocycles. The monoisotopic (exact) mass is 498 g/mol. The van der Waals surface area contributed by atoms with Crippen molar-refractivity contribution in [1.29, 1.82) is 0 Å². The maximum absolute atomic E-state index is 12.8. The lowest BCUT2D eigenvalue weighted by molar-refractivity contribution is -0.0429. The molecule has 3 rings (SSSR count). The van der Waals surface area contributed by atoms with E-state index in [4.69, 9.17) is 21.2 Å². The molecule has 0 aromatic heterocycles. The van der Waals surface area contributed by atoms with E-state index in [1.54, 1.807) is 24.3 Å². The third-order valence-corrected chi connectivity index (χ3v) is 5.56. The Labute approximate surface area is 193 Å². The summed E-state index contributed by atoms with van der Waals surface area (Å²) in [4.78, 5) is 5.32. The summed E-state index contributed by atoms with van der Waals surface area (Å²) in [5.74, 6) is 1.25. The maximum Gasteiger partial charge on any atom is 0.516 e. The van der Waals surface area contributed by atoms with E-state index in [9.17, 15) is 21.6 Å². The molecule has 0 fully saturated rings. The normalized spacial score (nSPS) is 12.3. The maximum atomic E-state index is 12.8. The molecule has 174 valence electrons. The van der Waals surface area contributed by atoms with Gasteiger partial charge < -0.3 is 9.57 Å². The molecule has 1 N–H and O–H groups in total. The van der Waals surface area contributed by atoms with Crippen LogP contribution in [0.1, 0.15) is 18.1 Å². The van der Waals surface area contributed by atoms with Crippen LogP contribution < -0.4 is 9.46 Å². The standard InChI is InChI=1S/C22H18ClF3N2O4S/c1-15(20-13-17(23)10-11-21(20)28-33(29,30)22(24,25)26)27-31-14-16-6-5-9-19(12-16)32-18-7-3-2-4-8-18/h2-13,28H,14H2,1H3/b27-15+. The largest absolute Gasteiger partial charge is 0.516 e. The van der Waals surface area contributed by atoms with Gasteiger partial charge in [-0.1, -0.05) is 47.1 Å². The first kappa shape index (κ1) is 24.4. The molecule has 0 heterocycles. The van der Waals surface area contributed by atoms with Crippen LogP contribution in [0.15, 0.2) is 78.0 Å². The number of benzene rings is 3. The van der Waals surface area contributed by atoms with Gasteiger partial charge in [0.2, 0.25) is 0 Å². The summed E-state index contributed by atoms with van der Waals surface area (Å²) in [6, 6.07) is 19.9. The van der Waals surface area contributed by atoms with Crippen LogP contribution in [0.5, 0.6) is 11.5 Å². The van der Waals surface area contributed by atoms with E-state index in [0.29, 0.717) is 11.5 Å². The minimum atomic E-state index is -5.62. The molecule has 0 spiro atoms. The van der Waals surface area contributed by atoms with E-state index in [-0.39, 0.29) is 28.6 Å². The third-order valence-electron chi connectivity index (χ3n) is 4.23. The van der Waals surface area contributed by atoms with Crippen LogP contribution in [-0.4, -0.2) is 19.6 Å². The highest BCUT2D eigenvalue weighted by atomic mass is 35.5. The van der Waals surface area contributed by atoms with Crippen LogP contribution in [-0.2, 0) is 21.5 Å². The molecule has 11 heteroatoms. The summed E-state index contributed by atoms with van der Waals surface area (Å²) < 4.78 is 68.5. The van der Waals surface area contributed by atoms with Gasteiger partial charge in [-0.3, -0.25) is 4.72 Å². The highest BCUT2D eigenvalue weighted by Crippen LogP contribution is 2.29. The number of alkyl halides is 3. The first-order valence-electron chi connectivity index (χ1n) is 9.42. The number of ether oxygens (including phenoxy) is 1.